The fourth-order valence-corrected chi connectivity index (χ4v) is 4.71. The molecule has 3 aromatic heterocycles. The van der Waals surface area contributed by atoms with E-state index >= 15 is 0 Å². The number of aromatic nitrogens is 1. The highest BCUT2D eigenvalue weighted by Crippen LogP contribution is 2.42. The van der Waals surface area contributed by atoms with Crippen LogP contribution in [-0.4, -0.2) is 4.98 Å². The average molecular weight is 429 g/mol. The highest BCUT2D eigenvalue weighted by Gasteiger charge is 2.19. The highest BCUT2D eigenvalue weighted by atomic mass is 16.4. The summed E-state index contributed by atoms with van der Waals surface area (Å²) in [5, 5.41) is 3.20. The van der Waals surface area contributed by atoms with Gasteiger partial charge in [0.2, 0.25) is 0 Å². The third-order valence-electron chi connectivity index (χ3n) is 6.28. The molecule has 0 unspecified atom stereocenters. The van der Waals surface area contributed by atoms with E-state index in [1.807, 2.05) is 78.9 Å². The lowest BCUT2D eigenvalue weighted by atomic mass is 9.99. The standard InChI is InChI=1S/C30H19NO2/c1-18-11-12-23(25-17-20(15-16-31-25)19-7-3-2-4-8-19)28-27(18)24-14-13-22-21-9-5-6-10-26(21)32-29(22)30(24)33-28/h2-17H,1H3/i1D3. The first-order valence-corrected chi connectivity index (χ1v) is 10.8. The van der Waals surface area contributed by atoms with Crippen LogP contribution in [0.4, 0.5) is 0 Å². The third-order valence-corrected chi connectivity index (χ3v) is 6.28. The van der Waals surface area contributed by atoms with Gasteiger partial charge in [0.1, 0.15) is 11.2 Å². The Kier molecular flexibility index (Phi) is 3.19. The van der Waals surface area contributed by atoms with Crippen molar-refractivity contribution in [2.75, 3.05) is 0 Å². The molecule has 3 heteroatoms. The van der Waals surface area contributed by atoms with Crippen molar-refractivity contribution >= 4 is 43.9 Å². The van der Waals surface area contributed by atoms with Gasteiger partial charge in [0, 0.05) is 37.4 Å². The summed E-state index contributed by atoms with van der Waals surface area (Å²) >= 11 is 0. The number of furan rings is 2. The molecule has 4 aromatic carbocycles. The molecule has 0 aliphatic rings. The van der Waals surface area contributed by atoms with Crippen molar-refractivity contribution in [3.8, 4) is 22.4 Å². The van der Waals surface area contributed by atoms with Crippen molar-refractivity contribution in [1.82, 2.24) is 4.98 Å². The fourth-order valence-electron chi connectivity index (χ4n) is 4.71. The zero-order valence-electron chi connectivity index (χ0n) is 20.5. The van der Waals surface area contributed by atoms with Crippen molar-refractivity contribution in [3.05, 3.63) is 103 Å². The maximum atomic E-state index is 8.19. The molecule has 3 nitrogen and oxygen atoms in total. The number of nitrogens with zero attached hydrogens (tertiary/aromatic N) is 1. The first kappa shape index (κ1) is 15.4. The molecule has 0 bridgehead atoms. The van der Waals surface area contributed by atoms with Crippen LogP contribution in [0, 0.1) is 6.85 Å². The Hall–Kier alpha value is -4.37. The predicted octanol–water partition coefficient (Wildman–Crippen LogP) is 8.52. The Labute approximate surface area is 194 Å². The molecule has 0 amide bonds. The first-order chi connectivity index (χ1) is 17.5. The van der Waals surface area contributed by atoms with Crippen LogP contribution in [0.2, 0.25) is 0 Å². The van der Waals surface area contributed by atoms with Gasteiger partial charge in [-0.25, -0.2) is 0 Å². The fraction of sp³-hybridized carbons (Fsp3) is 0.0333. The SMILES string of the molecule is [2H]C([2H])([2H])c1ccc(-c2cc(-c3ccccc3)ccn2)c2oc3c(ccc4c5ccccc5oc43)c12. The molecule has 0 atom stereocenters. The Morgan fingerprint density at radius 1 is 0.667 bits per heavy atom. The maximum Gasteiger partial charge on any atom is 0.178 e. The van der Waals surface area contributed by atoms with Crippen molar-refractivity contribution in [3.63, 3.8) is 0 Å². The molecular weight excluding hydrogens is 406 g/mol. The van der Waals surface area contributed by atoms with Gasteiger partial charge in [-0.15, -0.1) is 0 Å². The molecule has 33 heavy (non-hydrogen) atoms. The molecule has 0 aliphatic carbocycles. The zero-order valence-corrected chi connectivity index (χ0v) is 17.5. The zero-order chi connectivity index (χ0) is 24.4. The Morgan fingerprint density at radius 3 is 2.39 bits per heavy atom. The minimum atomic E-state index is -2.31. The monoisotopic (exact) mass is 428 g/mol. The predicted molar refractivity (Wildman–Crippen MR) is 134 cm³/mol. The molecular formula is C30H19NO2. The molecule has 0 saturated carbocycles. The summed E-state index contributed by atoms with van der Waals surface area (Å²) in [6.45, 7) is -2.31. The number of pyridine rings is 1. The largest absolute Gasteiger partial charge is 0.452 e. The summed E-state index contributed by atoms with van der Waals surface area (Å²) < 4.78 is 37.3. The van der Waals surface area contributed by atoms with E-state index in [2.05, 4.69) is 4.98 Å². The summed E-state index contributed by atoms with van der Waals surface area (Å²) in [6, 6.07) is 29.2. The molecule has 7 aromatic rings. The molecule has 3 heterocycles. The van der Waals surface area contributed by atoms with Gasteiger partial charge in [0.25, 0.3) is 0 Å². The van der Waals surface area contributed by atoms with Crippen LogP contribution >= 0.6 is 0 Å². The van der Waals surface area contributed by atoms with E-state index in [9.17, 15) is 0 Å². The summed E-state index contributed by atoms with van der Waals surface area (Å²) in [6.07, 6.45) is 1.77. The van der Waals surface area contributed by atoms with Gasteiger partial charge < -0.3 is 8.83 Å². The number of aryl methyl sites for hydroxylation is 1. The first-order valence-electron chi connectivity index (χ1n) is 12.3. The van der Waals surface area contributed by atoms with Gasteiger partial charge in [0.15, 0.2) is 11.2 Å². The Morgan fingerprint density at radius 2 is 1.48 bits per heavy atom. The van der Waals surface area contributed by atoms with Crippen molar-refractivity contribution < 1.29 is 12.9 Å². The van der Waals surface area contributed by atoms with Crippen LogP contribution in [0.25, 0.3) is 66.3 Å². The average Bonchev–Trinajstić information content (AvgIpc) is 3.47. The minimum Gasteiger partial charge on any atom is -0.452 e. The van der Waals surface area contributed by atoms with Crippen LogP contribution in [0.15, 0.2) is 106 Å². The second kappa shape index (κ2) is 6.81. The van der Waals surface area contributed by atoms with Crippen molar-refractivity contribution in [1.29, 1.82) is 0 Å². The Balaban J connectivity index is 1.56. The lowest BCUT2D eigenvalue weighted by Crippen LogP contribution is -1.87. The molecule has 7 rings (SSSR count). The number of para-hydroxylation sites is 1. The number of rotatable bonds is 2. The van der Waals surface area contributed by atoms with Crippen LogP contribution in [0.3, 0.4) is 0 Å². The van der Waals surface area contributed by atoms with Gasteiger partial charge >= 0.3 is 0 Å². The van der Waals surface area contributed by atoms with E-state index in [0.29, 0.717) is 33.2 Å². The van der Waals surface area contributed by atoms with Gasteiger partial charge in [-0.3, -0.25) is 4.98 Å². The quantitative estimate of drug-likeness (QED) is 0.277. The molecule has 0 radical (unpaired) electrons. The molecule has 0 spiro atoms. The highest BCUT2D eigenvalue weighted by molar-refractivity contribution is 6.20. The van der Waals surface area contributed by atoms with E-state index < -0.39 is 6.85 Å². The van der Waals surface area contributed by atoms with Crippen molar-refractivity contribution in [2.24, 2.45) is 0 Å². The third kappa shape index (κ3) is 2.66. The van der Waals surface area contributed by atoms with Crippen molar-refractivity contribution in [2.45, 2.75) is 6.85 Å². The topological polar surface area (TPSA) is 39.2 Å². The molecule has 0 fully saturated rings. The maximum absolute atomic E-state index is 8.19. The van der Waals surface area contributed by atoms with Gasteiger partial charge in [-0.1, -0.05) is 54.6 Å². The second-order valence-corrected chi connectivity index (χ2v) is 8.18. The lowest BCUT2D eigenvalue weighted by molar-refractivity contribution is 0.634. The molecule has 156 valence electrons. The van der Waals surface area contributed by atoms with E-state index in [0.717, 1.165) is 33.0 Å². The lowest BCUT2D eigenvalue weighted by Gasteiger charge is -2.07. The van der Waals surface area contributed by atoms with Gasteiger partial charge in [-0.05, 0) is 59.9 Å². The van der Waals surface area contributed by atoms with Crippen LogP contribution in [0.5, 0.6) is 0 Å². The van der Waals surface area contributed by atoms with Crippen LogP contribution in [-0.2, 0) is 0 Å². The van der Waals surface area contributed by atoms with Gasteiger partial charge in [-0.2, -0.15) is 0 Å². The number of hydrogen-bond donors (Lipinski definition) is 0. The Bertz CT molecular complexity index is 1930. The number of hydrogen-bond acceptors (Lipinski definition) is 3. The summed E-state index contributed by atoms with van der Waals surface area (Å²) in [5.74, 6) is 0. The minimum absolute atomic E-state index is 0.245. The summed E-state index contributed by atoms with van der Waals surface area (Å²) in [4.78, 5) is 4.62. The number of fused-ring (bicyclic) bond motifs is 7. The molecule has 0 aliphatic heterocycles. The summed E-state index contributed by atoms with van der Waals surface area (Å²) in [5.41, 5.74) is 6.17. The van der Waals surface area contributed by atoms with Crippen LogP contribution in [0.1, 0.15) is 9.68 Å². The normalized spacial score (nSPS) is 13.5. The smallest absolute Gasteiger partial charge is 0.178 e. The van der Waals surface area contributed by atoms with E-state index in [1.54, 1.807) is 18.3 Å². The van der Waals surface area contributed by atoms with E-state index in [1.165, 1.54) is 0 Å². The van der Waals surface area contributed by atoms with Gasteiger partial charge in [0.05, 0.1) is 5.69 Å². The number of benzene rings is 4. The van der Waals surface area contributed by atoms with E-state index in [-0.39, 0.29) is 5.56 Å². The van der Waals surface area contributed by atoms with E-state index in [4.69, 9.17) is 12.9 Å². The molecule has 0 N–H and O–H groups in total. The molecule has 0 saturated heterocycles. The van der Waals surface area contributed by atoms with Crippen LogP contribution < -0.4 is 0 Å². The second-order valence-electron chi connectivity index (χ2n) is 8.18. The summed E-state index contributed by atoms with van der Waals surface area (Å²) in [7, 11) is 0.